The van der Waals surface area contributed by atoms with Crippen LogP contribution in [0.25, 0.3) is 0 Å². The molecule has 2 aromatic rings. The molecule has 5 heterocycles. The molecule has 2 bridgehead atoms. The molecule has 232 valence electrons. The smallest absolute Gasteiger partial charge is 0.274 e. The molecule has 14 heteroatoms. The van der Waals surface area contributed by atoms with Gasteiger partial charge in [-0.15, -0.1) is 0 Å². The van der Waals surface area contributed by atoms with Crippen molar-refractivity contribution in [1.29, 1.82) is 0 Å². The SMILES string of the molecule is C[C@H]1CC[C@@]2(ON(Cc3c(F)cc(F)cc3F)C3OCCC[C@@H]32)[C@H]2CN1C(=O)c1c(OCCCBr)c(=O)c(C(N)=O)cn12. The van der Waals surface area contributed by atoms with Gasteiger partial charge in [-0.25, -0.2) is 13.2 Å². The highest BCUT2D eigenvalue weighted by atomic mass is 79.9. The summed E-state index contributed by atoms with van der Waals surface area (Å²) in [7, 11) is 0. The van der Waals surface area contributed by atoms with Gasteiger partial charge in [0.25, 0.3) is 11.8 Å². The van der Waals surface area contributed by atoms with E-state index in [9.17, 15) is 27.6 Å². The topological polar surface area (TPSA) is 116 Å². The number of hydrogen-bond donors (Lipinski definition) is 1. The first kappa shape index (κ1) is 30.1. The van der Waals surface area contributed by atoms with Crippen LogP contribution in [0.2, 0.25) is 0 Å². The Morgan fingerprint density at radius 2 is 1.95 bits per heavy atom. The van der Waals surface area contributed by atoms with Crippen LogP contribution in [0.3, 0.4) is 0 Å². The normalized spacial score (nSPS) is 28.5. The van der Waals surface area contributed by atoms with E-state index >= 15 is 0 Å². The molecule has 2 amide bonds. The van der Waals surface area contributed by atoms with Gasteiger partial charge in [-0.3, -0.25) is 19.2 Å². The zero-order valence-corrected chi connectivity index (χ0v) is 25.1. The highest BCUT2D eigenvalue weighted by Crippen LogP contribution is 2.54. The van der Waals surface area contributed by atoms with E-state index in [1.54, 1.807) is 9.47 Å². The summed E-state index contributed by atoms with van der Waals surface area (Å²) in [6, 6.07) is 0.369. The Hall–Kier alpha value is -2.94. The fourth-order valence-electron chi connectivity index (χ4n) is 7.03. The van der Waals surface area contributed by atoms with Crippen LogP contribution in [0.5, 0.6) is 5.75 Å². The molecule has 1 aromatic carbocycles. The van der Waals surface area contributed by atoms with E-state index in [2.05, 4.69) is 15.9 Å². The van der Waals surface area contributed by atoms with E-state index in [0.717, 1.165) is 0 Å². The Morgan fingerprint density at radius 1 is 1.21 bits per heavy atom. The largest absolute Gasteiger partial charge is 0.487 e. The van der Waals surface area contributed by atoms with Gasteiger partial charge in [0.15, 0.2) is 11.4 Å². The van der Waals surface area contributed by atoms with Crippen molar-refractivity contribution in [2.45, 2.75) is 69.5 Å². The number of halogens is 4. The lowest BCUT2D eigenvalue weighted by atomic mass is 9.74. The summed E-state index contributed by atoms with van der Waals surface area (Å²) in [4.78, 5) is 48.2. The van der Waals surface area contributed by atoms with Gasteiger partial charge < -0.3 is 24.7 Å². The number of amides is 2. The number of fused-ring (bicyclic) bond motifs is 7. The summed E-state index contributed by atoms with van der Waals surface area (Å²) in [5.74, 6) is -5.05. The summed E-state index contributed by atoms with van der Waals surface area (Å²) >= 11 is 3.33. The first-order valence-corrected chi connectivity index (χ1v) is 15.5. The van der Waals surface area contributed by atoms with Crippen LogP contribution < -0.4 is 15.9 Å². The number of ether oxygens (including phenoxy) is 2. The van der Waals surface area contributed by atoms with Crippen LogP contribution in [0.4, 0.5) is 13.2 Å². The van der Waals surface area contributed by atoms with Crippen molar-refractivity contribution in [2.75, 3.05) is 25.1 Å². The van der Waals surface area contributed by atoms with Crippen molar-refractivity contribution in [2.24, 2.45) is 11.7 Å². The van der Waals surface area contributed by atoms with Gasteiger partial charge in [0.1, 0.15) is 34.8 Å². The summed E-state index contributed by atoms with van der Waals surface area (Å²) in [5, 5.41) is 2.00. The monoisotopic (exact) mass is 668 g/mol. The lowest BCUT2D eigenvalue weighted by Crippen LogP contribution is -2.55. The lowest BCUT2D eigenvalue weighted by Gasteiger charge is -2.45. The van der Waals surface area contributed by atoms with Crippen LogP contribution in [-0.4, -0.2) is 69.3 Å². The van der Waals surface area contributed by atoms with Crippen LogP contribution in [-0.2, 0) is 16.1 Å². The Bertz CT molecular complexity index is 1500. The number of nitrogens with zero attached hydrogens (tertiary/aromatic N) is 3. The molecule has 1 unspecified atom stereocenters. The average molecular weight is 669 g/mol. The first-order chi connectivity index (χ1) is 20.6. The molecule has 4 aliphatic rings. The molecule has 4 aliphatic heterocycles. The first-order valence-electron chi connectivity index (χ1n) is 14.4. The van der Waals surface area contributed by atoms with Gasteiger partial charge in [0.05, 0.1) is 19.2 Å². The Labute approximate surface area is 253 Å². The van der Waals surface area contributed by atoms with Crippen molar-refractivity contribution in [3.8, 4) is 5.75 Å². The van der Waals surface area contributed by atoms with Crippen molar-refractivity contribution in [1.82, 2.24) is 14.5 Å². The van der Waals surface area contributed by atoms with E-state index in [1.165, 1.54) is 11.3 Å². The molecule has 0 radical (unpaired) electrons. The maximum Gasteiger partial charge on any atom is 0.274 e. The number of alkyl halides is 1. The minimum atomic E-state index is -1.06. The Morgan fingerprint density at radius 3 is 2.65 bits per heavy atom. The zero-order valence-electron chi connectivity index (χ0n) is 23.5. The van der Waals surface area contributed by atoms with E-state index in [-0.39, 0.29) is 54.2 Å². The predicted octanol–water partition coefficient (Wildman–Crippen LogP) is 3.65. The van der Waals surface area contributed by atoms with Gasteiger partial charge in [-0.05, 0) is 39.0 Å². The molecule has 0 aliphatic carbocycles. The number of carbonyl (C=O) groups excluding carboxylic acids is 2. The van der Waals surface area contributed by atoms with Gasteiger partial charge in [-0.2, -0.15) is 5.06 Å². The summed E-state index contributed by atoms with van der Waals surface area (Å²) in [5.41, 5.74) is 3.10. The zero-order chi connectivity index (χ0) is 30.6. The maximum absolute atomic E-state index is 14.8. The third-order valence-corrected chi connectivity index (χ3v) is 9.67. The summed E-state index contributed by atoms with van der Waals surface area (Å²) < 4.78 is 56.8. The number of hydrogen-bond acceptors (Lipinski definition) is 7. The van der Waals surface area contributed by atoms with Crippen LogP contribution in [0, 0.1) is 23.4 Å². The number of primary amides is 1. The predicted molar refractivity (Wildman–Crippen MR) is 150 cm³/mol. The third-order valence-electron chi connectivity index (χ3n) is 9.11. The Balaban J connectivity index is 1.50. The fraction of sp³-hybridized carbons (Fsp3) is 0.552. The molecule has 10 nitrogen and oxygen atoms in total. The van der Waals surface area contributed by atoms with Crippen molar-refractivity contribution in [3.63, 3.8) is 0 Å². The molecule has 1 aromatic heterocycles. The molecular formula is C29H32BrF3N4O6. The maximum atomic E-state index is 14.8. The quantitative estimate of drug-likeness (QED) is 0.354. The molecule has 3 saturated heterocycles. The second kappa shape index (κ2) is 11.5. The highest BCUT2D eigenvalue weighted by molar-refractivity contribution is 9.09. The highest BCUT2D eigenvalue weighted by Gasteiger charge is 2.63. The van der Waals surface area contributed by atoms with Gasteiger partial charge in [0.2, 0.25) is 5.43 Å². The number of benzene rings is 1. The molecule has 3 fully saturated rings. The molecule has 2 N–H and O–H groups in total. The van der Waals surface area contributed by atoms with Gasteiger partial charge >= 0.3 is 0 Å². The van der Waals surface area contributed by atoms with E-state index in [0.29, 0.717) is 56.2 Å². The number of pyridine rings is 1. The number of carbonyl (C=O) groups is 2. The number of nitrogens with two attached hydrogens (primary N) is 1. The van der Waals surface area contributed by atoms with Crippen LogP contribution >= 0.6 is 15.9 Å². The minimum Gasteiger partial charge on any atom is -0.487 e. The minimum absolute atomic E-state index is 0.0000938. The van der Waals surface area contributed by atoms with Crippen LogP contribution in [0.1, 0.15) is 71.5 Å². The molecule has 1 spiro atoms. The summed E-state index contributed by atoms with van der Waals surface area (Å²) in [6.07, 6.45) is 3.48. The second-order valence-electron chi connectivity index (χ2n) is 11.6. The van der Waals surface area contributed by atoms with E-state index in [1.807, 2.05) is 6.92 Å². The van der Waals surface area contributed by atoms with Crippen LogP contribution in [0.15, 0.2) is 23.1 Å². The Kier molecular flexibility index (Phi) is 8.07. The number of aromatic nitrogens is 1. The molecule has 5 atom stereocenters. The molecular weight excluding hydrogens is 637 g/mol. The average Bonchev–Trinajstić information content (AvgIpc) is 3.21. The number of hydroxylamine groups is 2. The standard InChI is InChI=1S/C29H32BrF3N4O6/c1-15-5-6-29(19-4-2-8-42-28(19)37(43-29)13-17-20(32)10-16(31)11-21(17)33)22-14-35(15)27(40)23-25(41-9-3-7-30)24(38)18(26(34)39)12-36(22)23/h10-12,15,19,22,28H,2-9,13-14H2,1H3,(H2,34,39)/t15-,19-,22+,28?,29-/m0/s1. The molecule has 0 saturated carbocycles. The third kappa shape index (κ3) is 4.95. The van der Waals surface area contributed by atoms with Crippen molar-refractivity contribution in [3.05, 3.63) is 62.8 Å². The van der Waals surface area contributed by atoms with Crippen molar-refractivity contribution < 1.29 is 37.1 Å². The van der Waals surface area contributed by atoms with E-state index in [4.69, 9.17) is 20.0 Å². The van der Waals surface area contributed by atoms with Crippen molar-refractivity contribution >= 4 is 27.7 Å². The molecule has 6 rings (SSSR count). The van der Waals surface area contributed by atoms with E-state index < -0.39 is 52.6 Å². The second-order valence-corrected chi connectivity index (χ2v) is 12.3. The van der Waals surface area contributed by atoms with Gasteiger partial charge in [-0.1, -0.05) is 15.9 Å². The fourth-order valence-corrected chi connectivity index (χ4v) is 7.26. The number of rotatable bonds is 7. The molecule has 43 heavy (non-hydrogen) atoms. The summed E-state index contributed by atoms with van der Waals surface area (Å²) in [6.45, 7) is 2.26. The van der Waals surface area contributed by atoms with Gasteiger partial charge in [0, 0.05) is 54.3 Å². The lowest BCUT2D eigenvalue weighted by molar-refractivity contribution is -0.256.